The second kappa shape index (κ2) is 8.66. The summed E-state index contributed by atoms with van der Waals surface area (Å²) in [7, 11) is -0.503. The summed E-state index contributed by atoms with van der Waals surface area (Å²) in [5, 5.41) is 5.05. The van der Waals surface area contributed by atoms with Crippen LogP contribution >= 0.6 is 11.8 Å². The Morgan fingerprint density at radius 2 is 1.90 bits per heavy atom. The molecule has 0 unspecified atom stereocenters. The third-order valence-corrected chi connectivity index (χ3v) is 7.22. The number of hydrazone groups is 1. The molecule has 2 aromatic carbocycles. The van der Waals surface area contributed by atoms with Crippen LogP contribution in [0.3, 0.4) is 0 Å². The number of rotatable bonds is 4. The van der Waals surface area contributed by atoms with E-state index in [9.17, 15) is 8.42 Å². The van der Waals surface area contributed by atoms with Gasteiger partial charge in [-0.15, -0.1) is 0 Å². The van der Waals surface area contributed by atoms with E-state index in [1.54, 1.807) is 24.3 Å². The van der Waals surface area contributed by atoms with E-state index in [-0.39, 0.29) is 4.90 Å². The van der Waals surface area contributed by atoms with Crippen LogP contribution in [0.5, 0.6) is 11.5 Å². The molecule has 0 atom stereocenters. The van der Waals surface area contributed by atoms with E-state index >= 15 is 0 Å². The highest BCUT2D eigenvalue weighted by Crippen LogP contribution is 2.31. The van der Waals surface area contributed by atoms with E-state index in [1.807, 2.05) is 18.2 Å². The Morgan fingerprint density at radius 1 is 1.10 bits per heavy atom. The molecule has 0 aromatic heterocycles. The van der Waals surface area contributed by atoms with Crippen molar-refractivity contribution in [1.29, 1.82) is 0 Å². The summed E-state index contributed by atoms with van der Waals surface area (Å²) < 4.78 is 37.2. The van der Waals surface area contributed by atoms with E-state index < -0.39 is 10.0 Å². The van der Waals surface area contributed by atoms with Crippen molar-refractivity contribution in [2.75, 3.05) is 33.1 Å². The van der Waals surface area contributed by atoms with Gasteiger partial charge in [0.15, 0.2) is 16.7 Å². The minimum atomic E-state index is -3.51. The lowest BCUT2D eigenvalue weighted by molar-refractivity contribution is 0.297. The first-order valence-corrected chi connectivity index (χ1v) is 11.8. The number of benzene rings is 2. The quantitative estimate of drug-likeness (QED) is 0.776. The van der Waals surface area contributed by atoms with Crippen LogP contribution in [0.15, 0.2) is 57.5 Å². The Balaban J connectivity index is 1.52. The average Bonchev–Trinajstić information content (AvgIpc) is 2.99. The standard InChI is InChI=1S/C20H22N4O4S2/c1-24(2)30(25,26)16-6-3-5-15(12-16)21-20-23-22-17(13-29-20)14-7-8-18-19(11-14)28-10-4-9-27-18/h3,5-8,11-12H,4,9-10,13H2,1-2H3,(H,21,23). The minimum Gasteiger partial charge on any atom is -0.490 e. The molecule has 2 aliphatic rings. The van der Waals surface area contributed by atoms with Crippen LogP contribution in [0.25, 0.3) is 0 Å². The third kappa shape index (κ3) is 4.45. The van der Waals surface area contributed by atoms with Crippen LogP contribution < -0.4 is 14.9 Å². The maximum absolute atomic E-state index is 12.3. The zero-order valence-corrected chi connectivity index (χ0v) is 18.3. The fourth-order valence-corrected chi connectivity index (χ4v) is 4.63. The van der Waals surface area contributed by atoms with E-state index in [0.29, 0.717) is 29.8 Å². The van der Waals surface area contributed by atoms with Gasteiger partial charge in [-0.25, -0.2) is 17.7 Å². The summed E-state index contributed by atoms with van der Waals surface area (Å²) in [6, 6.07) is 12.4. The molecule has 0 fully saturated rings. The van der Waals surface area contributed by atoms with Crippen molar-refractivity contribution >= 4 is 38.4 Å². The molecule has 0 bridgehead atoms. The average molecular weight is 447 g/mol. The Kier molecular flexibility index (Phi) is 5.98. The molecule has 1 N–H and O–H groups in total. The molecule has 4 rings (SSSR count). The van der Waals surface area contributed by atoms with Gasteiger partial charge < -0.3 is 9.47 Å². The molecule has 2 aliphatic heterocycles. The number of nitrogens with one attached hydrogen (secondary N) is 1. The van der Waals surface area contributed by atoms with Crippen molar-refractivity contribution in [1.82, 2.24) is 9.73 Å². The Labute approximate surface area is 180 Å². The van der Waals surface area contributed by atoms with Crippen molar-refractivity contribution in [2.24, 2.45) is 10.1 Å². The van der Waals surface area contributed by atoms with E-state index in [1.165, 1.54) is 30.2 Å². The number of sulfonamides is 1. The van der Waals surface area contributed by atoms with Gasteiger partial charge in [0.05, 0.1) is 29.5 Å². The lowest BCUT2D eigenvalue weighted by Gasteiger charge is -2.16. The predicted molar refractivity (Wildman–Crippen MR) is 119 cm³/mol. The minimum absolute atomic E-state index is 0.201. The summed E-state index contributed by atoms with van der Waals surface area (Å²) in [5.41, 5.74) is 5.33. The molecule has 0 amide bonds. The molecule has 30 heavy (non-hydrogen) atoms. The van der Waals surface area contributed by atoms with Crippen LogP contribution in [0.1, 0.15) is 12.0 Å². The van der Waals surface area contributed by atoms with E-state index in [2.05, 4.69) is 15.5 Å². The van der Waals surface area contributed by atoms with Crippen LogP contribution in [-0.4, -0.2) is 56.7 Å². The highest BCUT2D eigenvalue weighted by atomic mass is 32.2. The Hall–Kier alpha value is -2.56. The summed E-state index contributed by atoms with van der Waals surface area (Å²) in [4.78, 5) is 4.70. The zero-order chi connectivity index (χ0) is 21.1. The van der Waals surface area contributed by atoms with Gasteiger partial charge in [0.25, 0.3) is 0 Å². The highest BCUT2D eigenvalue weighted by molar-refractivity contribution is 8.14. The molecule has 0 radical (unpaired) electrons. The first-order valence-electron chi connectivity index (χ1n) is 9.40. The maximum Gasteiger partial charge on any atom is 0.242 e. The van der Waals surface area contributed by atoms with E-state index in [0.717, 1.165) is 29.2 Å². The molecular weight excluding hydrogens is 424 g/mol. The van der Waals surface area contributed by atoms with Crippen molar-refractivity contribution in [3.05, 3.63) is 48.0 Å². The van der Waals surface area contributed by atoms with Crippen molar-refractivity contribution in [3.63, 3.8) is 0 Å². The maximum atomic E-state index is 12.3. The molecule has 10 heteroatoms. The first kappa shape index (κ1) is 20.7. The van der Waals surface area contributed by atoms with Crippen LogP contribution in [0.2, 0.25) is 0 Å². The number of amidine groups is 1. The van der Waals surface area contributed by atoms with Gasteiger partial charge in [-0.05, 0) is 36.4 Å². The second-order valence-electron chi connectivity index (χ2n) is 6.87. The number of nitrogens with zero attached hydrogens (tertiary/aromatic N) is 3. The van der Waals surface area contributed by atoms with Gasteiger partial charge in [0.1, 0.15) is 0 Å². The molecule has 2 aromatic rings. The molecule has 0 saturated heterocycles. The molecule has 0 aliphatic carbocycles. The molecule has 8 nitrogen and oxygen atoms in total. The van der Waals surface area contributed by atoms with Gasteiger partial charge in [-0.2, -0.15) is 5.10 Å². The number of aliphatic imine (C=N–C) groups is 1. The summed E-state index contributed by atoms with van der Waals surface area (Å²) in [5.74, 6) is 2.11. The molecule has 0 spiro atoms. The SMILES string of the molecule is CN(C)S(=O)(=O)c1cccc(N=C2NN=C(c3ccc4c(c3)OCCCO4)CS2)c1. The highest BCUT2D eigenvalue weighted by Gasteiger charge is 2.19. The normalized spacial score (nSPS) is 18.0. The molecule has 158 valence electrons. The van der Waals surface area contributed by atoms with Gasteiger partial charge in [0.2, 0.25) is 10.0 Å². The number of hydrogen-bond acceptors (Lipinski definition) is 7. The molecule has 0 saturated carbocycles. The molecular formula is C20H22N4O4S2. The fourth-order valence-electron chi connectivity index (χ4n) is 2.91. The summed E-state index contributed by atoms with van der Waals surface area (Å²) >= 11 is 1.50. The largest absolute Gasteiger partial charge is 0.490 e. The zero-order valence-electron chi connectivity index (χ0n) is 16.7. The van der Waals surface area contributed by atoms with Crippen LogP contribution in [0.4, 0.5) is 5.69 Å². The molecule has 2 heterocycles. The number of fused-ring (bicyclic) bond motifs is 1. The number of thioether (sulfide) groups is 1. The fraction of sp³-hybridized carbons (Fsp3) is 0.300. The second-order valence-corrected chi connectivity index (χ2v) is 9.99. The lowest BCUT2D eigenvalue weighted by atomic mass is 10.1. The predicted octanol–water partition coefficient (Wildman–Crippen LogP) is 2.83. The first-order chi connectivity index (χ1) is 14.4. The van der Waals surface area contributed by atoms with Crippen molar-refractivity contribution < 1.29 is 17.9 Å². The van der Waals surface area contributed by atoms with E-state index in [4.69, 9.17) is 9.47 Å². The van der Waals surface area contributed by atoms with Gasteiger partial charge in [-0.1, -0.05) is 17.8 Å². The number of ether oxygens (including phenoxy) is 2. The Morgan fingerprint density at radius 3 is 2.63 bits per heavy atom. The van der Waals surface area contributed by atoms with Crippen molar-refractivity contribution in [3.8, 4) is 11.5 Å². The van der Waals surface area contributed by atoms with Crippen molar-refractivity contribution in [2.45, 2.75) is 11.3 Å². The summed E-state index contributed by atoms with van der Waals surface area (Å²) in [6.07, 6.45) is 0.860. The lowest BCUT2D eigenvalue weighted by Crippen LogP contribution is -2.25. The Bertz CT molecular complexity index is 1110. The summed E-state index contributed by atoms with van der Waals surface area (Å²) in [6.45, 7) is 1.29. The smallest absolute Gasteiger partial charge is 0.242 e. The number of hydrogen-bond donors (Lipinski definition) is 1. The monoisotopic (exact) mass is 446 g/mol. The van der Waals surface area contributed by atoms with Gasteiger partial charge in [-0.3, -0.25) is 5.43 Å². The van der Waals surface area contributed by atoms with Gasteiger partial charge >= 0.3 is 0 Å². The third-order valence-electron chi connectivity index (χ3n) is 4.54. The van der Waals surface area contributed by atoms with Gasteiger partial charge in [0, 0.05) is 31.8 Å². The van der Waals surface area contributed by atoms with Crippen LogP contribution in [-0.2, 0) is 10.0 Å². The topological polar surface area (TPSA) is 92.6 Å². The van der Waals surface area contributed by atoms with Crippen LogP contribution in [0, 0.1) is 0 Å².